The number of halogens is 1. The smallest absolute Gasteiger partial charge is 0.0421 e. The zero-order valence-electron chi connectivity index (χ0n) is 7.05. The molecule has 3 N–H and O–H groups in total. The Morgan fingerprint density at radius 1 is 1.58 bits per heavy atom. The Balaban J connectivity index is 2.73. The Hall–Kier alpha value is -0.380. The van der Waals surface area contributed by atoms with E-state index >= 15 is 0 Å². The van der Waals surface area contributed by atoms with E-state index in [4.69, 9.17) is 5.73 Å². The van der Waals surface area contributed by atoms with Gasteiger partial charge in [-0.25, -0.2) is 0 Å². The van der Waals surface area contributed by atoms with Gasteiger partial charge in [0.25, 0.3) is 0 Å². The predicted octanol–water partition coefficient (Wildman–Crippen LogP) is 1.67. The number of nitrogens with one attached hydrogen (secondary N) is 1. The molecule has 1 atom stereocenters. The second kappa shape index (κ2) is 4.60. The van der Waals surface area contributed by atoms with Crippen LogP contribution in [0.4, 0.5) is 0 Å². The Bertz CT molecular complexity index is 250. The molecule has 0 spiro atoms. The van der Waals surface area contributed by atoms with E-state index in [0.29, 0.717) is 0 Å². The summed E-state index contributed by atoms with van der Waals surface area (Å²) in [4.78, 5) is 0. The van der Waals surface area contributed by atoms with Crippen LogP contribution in [0.2, 0.25) is 0 Å². The van der Waals surface area contributed by atoms with Gasteiger partial charge in [0.05, 0.1) is 0 Å². The second-order valence-corrected chi connectivity index (χ2v) is 3.63. The number of hydrogen-bond donors (Lipinski definition) is 2. The van der Waals surface area contributed by atoms with Crippen LogP contribution in [0, 0.1) is 0 Å². The predicted molar refractivity (Wildman–Crippen MR) is 55.0 cm³/mol. The van der Waals surface area contributed by atoms with E-state index in [2.05, 4.69) is 21.2 Å². The summed E-state index contributed by atoms with van der Waals surface area (Å²) in [6, 6.07) is 8.15. The monoisotopic (exact) mass is 228 g/mol. The molecule has 0 bridgehead atoms. The van der Waals surface area contributed by atoms with Crippen LogP contribution in [0.3, 0.4) is 0 Å². The molecule has 2 nitrogen and oxygen atoms in total. The summed E-state index contributed by atoms with van der Waals surface area (Å²) in [5.41, 5.74) is 7.04. The largest absolute Gasteiger partial charge is 0.323 e. The van der Waals surface area contributed by atoms with E-state index in [9.17, 15) is 0 Å². The lowest BCUT2D eigenvalue weighted by Gasteiger charge is -2.10. The van der Waals surface area contributed by atoms with Gasteiger partial charge in [0.1, 0.15) is 0 Å². The van der Waals surface area contributed by atoms with Crippen LogP contribution in [0.15, 0.2) is 28.7 Å². The van der Waals surface area contributed by atoms with Crippen LogP contribution in [-0.4, -0.2) is 13.6 Å². The first-order valence-corrected chi connectivity index (χ1v) is 4.69. The highest BCUT2D eigenvalue weighted by atomic mass is 79.9. The van der Waals surface area contributed by atoms with Gasteiger partial charge in [-0.1, -0.05) is 28.1 Å². The third-order valence-electron chi connectivity index (χ3n) is 1.70. The van der Waals surface area contributed by atoms with Crippen molar-refractivity contribution in [1.82, 2.24) is 5.32 Å². The van der Waals surface area contributed by atoms with Gasteiger partial charge in [0.15, 0.2) is 0 Å². The van der Waals surface area contributed by atoms with Crippen molar-refractivity contribution >= 4 is 15.9 Å². The topological polar surface area (TPSA) is 38.0 Å². The number of likely N-dealkylation sites (N-methyl/N-ethyl adjacent to an activating group) is 1. The Morgan fingerprint density at radius 2 is 2.33 bits per heavy atom. The average Bonchev–Trinajstić information content (AvgIpc) is 2.05. The van der Waals surface area contributed by atoms with Crippen molar-refractivity contribution in [1.29, 1.82) is 0 Å². The molecule has 1 unspecified atom stereocenters. The first-order valence-electron chi connectivity index (χ1n) is 3.89. The molecule has 0 saturated heterocycles. The zero-order valence-corrected chi connectivity index (χ0v) is 8.64. The minimum Gasteiger partial charge on any atom is -0.323 e. The molecule has 0 amide bonds. The van der Waals surface area contributed by atoms with Gasteiger partial charge < -0.3 is 11.1 Å². The molecule has 1 aromatic carbocycles. The normalized spacial score (nSPS) is 12.9. The molecule has 3 heteroatoms. The molecule has 0 saturated carbocycles. The lowest BCUT2D eigenvalue weighted by Crippen LogP contribution is -2.23. The highest BCUT2D eigenvalue weighted by Crippen LogP contribution is 2.15. The lowest BCUT2D eigenvalue weighted by atomic mass is 10.1. The molecular weight excluding hydrogens is 216 g/mol. The summed E-state index contributed by atoms with van der Waals surface area (Å²) >= 11 is 3.41. The summed E-state index contributed by atoms with van der Waals surface area (Å²) in [6.07, 6.45) is 0. The summed E-state index contributed by atoms with van der Waals surface area (Å²) in [5, 5.41) is 3.05. The third-order valence-corrected chi connectivity index (χ3v) is 2.19. The molecule has 0 radical (unpaired) electrons. The summed E-state index contributed by atoms with van der Waals surface area (Å²) < 4.78 is 1.08. The van der Waals surface area contributed by atoms with E-state index < -0.39 is 0 Å². The Morgan fingerprint density at radius 3 is 2.92 bits per heavy atom. The average molecular weight is 229 g/mol. The molecule has 1 aromatic rings. The maximum atomic E-state index is 5.89. The van der Waals surface area contributed by atoms with Crippen LogP contribution in [0.25, 0.3) is 0 Å². The van der Waals surface area contributed by atoms with Crippen molar-refractivity contribution in [2.45, 2.75) is 6.04 Å². The van der Waals surface area contributed by atoms with Gasteiger partial charge in [-0.15, -0.1) is 0 Å². The third kappa shape index (κ3) is 2.59. The minimum absolute atomic E-state index is 0.0764. The summed E-state index contributed by atoms with van der Waals surface area (Å²) in [7, 11) is 1.90. The van der Waals surface area contributed by atoms with Gasteiger partial charge in [0, 0.05) is 17.1 Å². The fourth-order valence-electron chi connectivity index (χ4n) is 1.07. The Labute approximate surface area is 81.3 Å². The van der Waals surface area contributed by atoms with E-state index in [1.165, 1.54) is 0 Å². The summed E-state index contributed by atoms with van der Waals surface area (Å²) in [5.74, 6) is 0. The molecule has 0 aliphatic heterocycles. The first kappa shape index (κ1) is 9.71. The van der Waals surface area contributed by atoms with Crippen LogP contribution < -0.4 is 11.1 Å². The molecule has 0 heterocycles. The van der Waals surface area contributed by atoms with Crippen LogP contribution in [-0.2, 0) is 0 Å². The molecule has 0 fully saturated rings. The van der Waals surface area contributed by atoms with Gasteiger partial charge in [-0.05, 0) is 24.7 Å². The molecule has 12 heavy (non-hydrogen) atoms. The molecule has 0 aliphatic carbocycles. The number of benzene rings is 1. The standard InChI is InChI=1S/C9H13BrN2/c1-12-6-9(11)7-3-2-4-8(10)5-7/h2-5,9,12H,6,11H2,1H3. The van der Waals surface area contributed by atoms with Crippen molar-refractivity contribution in [2.24, 2.45) is 5.73 Å². The molecule has 0 aliphatic rings. The maximum Gasteiger partial charge on any atom is 0.0421 e. The Kier molecular flexibility index (Phi) is 3.72. The number of nitrogens with two attached hydrogens (primary N) is 1. The second-order valence-electron chi connectivity index (χ2n) is 2.72. The van der Waals surface area contributed by atoms with Crippen LogP contribution in [0.5, 0.6) is 0 Å². The highest BCUT2D eigenvalue weighted by molar-refractivity contribution is 9.10. The van der Waals surface area contributed by atoms with Gasteiger partial charge in [-0.2, -0.15) is 0 Å². The van der Waals surface area contributed by atoms with Gasteiger partial charge in [0.2, 0.25) is 0 Å². The first-order chi connectivity index (χ1) is 5.74. The minimum atomic E-state index is 0.0764. The maximum absolute atomic E-state index is 5.89. The fourth-order valence-corrected chi connectivity index (χ4v) is 1.49. The zero-order chi connectivity index (χ0) is 8.97. The molecular formula is C9H13BrN2. The summed E-state index contributed by atoms with van der Waals surface area (Å²) in [6.45, 7) is 0.802. The molecule has 1 rings (SSSR count). The molecule has 0 aromatic heterocycles. The van der Waals surface area contributed by atoms with Crippen LogP contribution in [0.1, 0.15) is 11.6 Å². The number of rotatable bonds is 3. The van der Waals surface area contributed by atoms with Crippen molar-refractivity contribution in [3.63, 3.8) is 0 Å². The van der Waals surface area contributed by atoms with Crippen molar-refractivity contribution in [3.05, 3.63) is 34.3 Å². The SMILES string of the molecule is CNCC(N)c1cccc(Br)c1. The number of hydrogen-bond acceptors (Lipinski definition) is 2. The van der Waals surface area contributed by atoms with E-state index in [0.717, 1.165) is 16.6 Å². The lowest BCUT2D eigenvalue weighted by molar-refractivity contribution is 0.653. The van der Waals surface area contributed by atoms with Gasteiger partial charge >= 0.3 is 0 Å². The van der Waals surface area contributed by atoms with Crippen molar-refractivity contribution in [2.75, 3.05) is 13.6 Å². The molecule has 66 valence electrons. The van der Waals surface area contributed by atoms with Crippen molar-refractivity contribution in [3.8, 4) is 0 Å². The van der Waals surface area contributed by atoms with Crippen molar-refractivity contribution < 1.29 is 0 Å². The van der Waals surface area contributed by atoms with E-state index in [1.54, 1.807) is 0 Å². The van der Waals surface area contributed by atoms with E-state index in [1.807, 2.05) is 31.3 Å². The van der Waals surface area contributed by atoms with Gasteiger partial charge in [-0.3, -0.25) is 0 Å². The quantitative estimate of drug-likeness (QED) is 0.827. The highest BCUT2D eigenvalue weighted by Gasteiger charge is 2.03. The van der Waals surface area contributed by atoms with E-state index in [-0.39, 0.29) is 6.04 Å². The fraction of sp³-hybridized carbons (Fsp3) is 0.333. The van der Waals surface area contributed by atoms with Crippen LogP contribution >= 0.6 is 15.9 Å².